The first-order chi connectivity index (χ1) is 11.8. The zero-order valence-electron chi connectivity index (χ0n) is 12.9. The second-order valence-electron chi connectivity index (χ2n) is 5.86. The van der Waals surface area contributed by atoms with Crippen molar-refractivity contribution in [2.24, 2.45) is 5.92 Å². The number of aliphatic carboxylic acids is 1. The molecule has 0 bridgehead atoms. The van der Waals surface area contributed by atoms with E-state index in [4.69, 9.17) is 9.90 Å². The molecule has 7 nitrogen and oxygen atoms in total. The average Bonchev–Trinajstić information content (AvgIpc) is 2.88. The van der Waals surface area contributed by atoms with Crippen LogP contribution in [0.1, 0.15) is 12.8 Å². The van der Waals surface area contributed by atoms with Crippen molar-refractivity contribution in [3.05, 3.63) is 12.3 Å². The Bertz CT molecular complexity index is 662. The molecule has 2 heterocycles. The molecule has 0 unspecified atom stereocenters. The monoisotopic (exact) mass is 388 g/mol. The van der Waals surface area contributed by atoms with Crippen LogP contribution in [0.2, 0.25) is 0 Å². The van der Waals surface area contributed by atoms with Crippen LogP contribution in [-0.2, 0) is 16.1 Å². The van der Waals surface area contributed by atoms with Gasteiger partial charge in [0.25, 0.3) is 0 Å². The molecular formula is C13H14F6N4O3. The molecule has 0 radical (unpaired) electrons. The number of alkyl halides is 6. The van der Waals surface area contributed by atoms with Gasteiger partial charge < -0.3 is 15.7 Å². The summed E-state index contributed by atoms with van der Waals surface area (Å²) in [6.45, 7) is -1.16. The maximum Gasteiger partial charge on any atom is 0.490 e. The maximum absolute atomic E-state index is 12.1. The van der Waals surface area contributed by atoms with E-state index in [-0.39, 0.29) is 17.8 Å². The van der Waals surface area contributed by atoms with Crippen molar-refractivity contribution in [2.75, 3.05) is 5.32 Å². The van der Waals surface area contributed by atoms with Gasteiger partial charge in [-0.25, -0.2) is 4.79 Å². The first kappa shape index (κ1) is 20.0. The van der Waals surface area contributed by atoms with Gasteiger partial charge in [-0.2, -0.15) is 31.4 Å². The molecule has 3 N–H and O–H groups in total. The predicted molar refractivity (Wildman–Crippen MR) is 74.0 cm³/mol. The molecule has 1 amide bonds. The number of carbonyl (C=O) groups is 2. The highest BCUT2D eigenvalue weighted by Crippen LogP contribution is 2.40. The number of rotatable bonds is 3. The first-order valence-electron chi connectivity index (χ1n) is 7.32. The lowest BCUT2D eigenvalue weighted by Crippen LogP contribution is -2.38. The lowest BCUT2D eigenvalue weighted by atomic mass is 10.2. The van der Waals surface area contributed by atoms with Gasteiger partial charge in [0.05, 0.1) is 6.04 Å². The third kappa shape index (κ3) is 5.89. The van der Waals surface area contributed by atoms with Gasteiger partial charge in [0.15, 0.2) is 5.82 Å². The minimum Gasteiger partial charge on any atom is -0.475 e. The summed E-state index contributed by atoms with van der Waals surface area (Å²) in [7, 11) is 0. The Hall–Kier alpha value is -2.31. The van der Waals surface area contributed by atoms with Gasteiger partial charge in [0.2, 0.25) is 5.91 Å². The number of anilines is 1. The third-order valence-corrected chi connectivity index (χ3v) is 3.67. The maximum atomic E-state index is 12.1. The van der Waals surface area contributed by atoms with Crippen LogP contribution in [0.25, 0.3) is 0 Å². The molecule has 1 aliphatic heterocycles. The molecule has 2 fully saturated rings. The van der Waals surface area contributed by atoms with E-state index in [2.05, 4.69) is 15.7 Å². The summed E-state index contributed by atoms with van der Waals surface area (Å²) in [6, 6.07) is 1.55. The molecule has 146 valence electrons. The van der Waals surface area contributed by atoms with Crippen molar-refractivity contribution < 1.29 is 41.0 Å². The number of halogens is 6. The summed E-state index contributed by atoms with van der Waals surface area (Å²) in [4.78, 5) is 20.7. The van der Waals surface area contributed by atoms with E-state index in [0.717, 1.165) is 17.5 Å². The highest BCUT2D eigenvalue weighted by atomic mass is 19.4. The molecule has 2 aliphatic rings. The zero-order valence-corrected chi connectivity index (χ0v) is 12.9. The summed E-state index contributed by atoms with van der Waals surface area (Å²) in [5.74, 6) is -2.26. The van der Waals surface area contributed by atoms with Crippen LogP contribution in [0.15, 0.2) is 12.3 Å². The van der Waals surface area contributed by atoms with Crippen molar-refractivity contribution in [3.8, 4) is 0 Å². The molecule has 0 spiro atoms. The van der Waals surface area contributed by atoms with E-state index >= 15 is 0 Å². The van der Waals surface area contributed by atoms with Gasteiger partial charge in [0, 0.05) is 18.3 Å². The van der Waals surface area contributed by atoms with Crippen molar-refractivity contribution in [3.63, 3.8) is 0 Å². The molecule has 13 heteroatoms. The second kappa shape index (κ2) is 7.13. The number of hydrogen-bond acceptors (Lipinski definition) is 4. The van der Waals surface area contributed by atoms with Crippen LogP contribution in [0, 0.1) is 5.92 Å². The van der Waals surface area contributed by atoms with Gasteiger partial charge in [0.1, 0.15) is 6.54 Å². The fourth-order valence-corrected chi connectivity index (χ4v) is 2.44. The lowest BCUT2D eigenvalue weighted by Gasteiger charge is -2.11. The molecular weight excluding hydrogens is 374 g/mol. The second-order valence-corrected chi connectivity index (χ2v) is 5.86. The van der Waals surface area contributed by atoms with Crippen LogP contribution < -0.4 is 10.6 Å². The molecule has 0 aromatic carbocycles. The van der Waals surface area contributed by atoms with Crippen molar-refractivity contribution in [1.29, 1.82) is 0 Å². The van der Waals surface area contributed by atoms with E-state index in [0.29, 0.717) is 12.0 Å². The van der Waals surface area contributed by atoms with E-state index in [1.165, 1.54) is 12.3 Å². The summed E-state index contributed by atoms with van der Waals surface area (Å²) in [6.07, 6.45) is -6.30. The van der Waals surface area contributed by atoms with E-state index in [1.807, 2.05) is 0 Å². The van der Waals surface area contributed by atoms with E-state index in [1.54, 1.807) is 0 Å². The number of piperidine rings is 1. The molecule has 1 saturated carbocycles. The summed E-state index contributed by atoms with van der Waals surface area (Å²) >= 11 is 0. The molecule has 1 aromatic rings. The Labute approximate surface area is 142 Å². The average molecular weight is 388 g/mol. The van der Waals surface area contributed by atoms with Crippen LogP contribution >= 0.6 is 0 Å². The fourth-order valence-electron chi connectivity index (χ4n) is 2.44. The van der Waals surface area contributed by atoms with Crippen molar-refractivity contribution in [1.82, 2.24) is 15.1 Å². The number of amides is 1. The number of hydrogen-bond donors (Lipinski definition) is 3. The number of nitrogens with zero attached hydrogens (tertiary/aromatic N) is 2. The van der Waals surface area contributed by atoms with Crippen LogP contribution in [0.4, 0.5) is 32.2 Å². The van der Waals surface area contributed by atoms with Crippen molar-refractivity contribution in [2.45, 2.75) is 43.8 Å². The number of carboxylic acids is 1. The Morgan fingerprint density at radius 3 is 2.35 bits per heavy atom. The third-order valence-electron chi connectivity index (χ3n) is 3.67. The lowest BCUT2D eigenvalue weighted by molar-refractivity contribution is -0.192. The highest BCUT2D eigenvalue weighted by Gasteiger charge is 2.47. The summed E-state index contributed by atoms with van der Waals surface area (Å²) in [5, 5.41) is 16.5. The van der Waals surface area contributed by atoms with Crippen LogP contribution in [0.3, 0.4) is 0 Å². The Balaban J connectivity index is 0.000000298. The van der Waals surface area contributed by atoms with Gasteiger partial charge in [-0.1, -0.05) is 0 Å². The topological polar surface area (TPSA) is 96.3 Å². The Kier molecular flexibility index (Phi) is 5.49. The van der Waals surface area contributed by atoms with E-state index < -0.39 is 24.9 Å². The van der Waals surface area contributed by atoms with E-state index in [9.17, 15) is 31.1 Å². The Morgan fingerprint density at radius 1 is 1.27 bits per heavy atom. The number of carboxylic acid groups (broad SMARTS) is 1. The van der Waals surface area contributed by atoms with Gasteiger partial charge in [-0.15, -0.1) is 0 Å². The van der Waals surface area contributed by atoms with Gasteiger partial charge in [-0.3, -0.25) is 9.48 Å². The minimum atomic E-state index is -5.08. The quantitative estimate of drug-likeness (QED) is 0.686. The molecule has 1 saturated heterocycles. The molecule has 3 rings (SSSR count). The summed E-state index contributed by atoms with van der Waals surface area (Å²) in [5.41, 5.74) is 0. The van der Waals surface area contributed by atoms with Crippen LogP contribution in [0.5, 0.6) is 0 Å². The first-order valence-corrected chi connectivity index (χ1v) is 7.32. The predicted octanol–water partition coefficient (Wildman–Crippen LogP) is 1.77. The SMILES string of the molecule is O=C(Nc1ccn(CC(F)(F)F)n1)[C@@H]1C[C@H]2C[C@H]2N1.O=C(O)C(F)(F)F. The van der Waals surface area contributed by atoms with Crippen LogP contribution in [-0.4, -0.2) is 51.2 Å². The molecule has 1 aliphatic carbocycles. The van der Waals surface area contributed by atoms with Crippen molar-refractivity contribution >= 4 is 17.7 Å². The smallest absolute Gasteiger partial charge is 0.475 e. The standard InChI is InChI=1S/C11H13F3N4O.C2HF3O2/c12-11(13,14)5-18-2-1-9(17-18)16-10(19)8-4-6-3-7(6)15-8;3-2(4,5)1(6)7/h1-2,6-8,15H,3-5H2,(H,16,17,19);(H,6,7)/t6-,7-,8+;/m1./s1. The number of carbonyl (C=O) groups excluding carboxylic acids is 1. The van der Waals surface area contributed by atoms with Gasteiger partial charge in [-0.05, 0) is 18.8 Å². The Morgan fingerprint density at radius 2 is 1.88 bits per heavy atom. The molecule has 26 heavy (non-hydrogen) atoms. The minimum absolute atomic E-state index is 0.150. The number of fused-ring (bicyclic) bond motifs is 1. The number of nitrogens with one attached hydrogen (secondary N) is 2. The molecule has 3 atom stereocenters. The normalized spacial score (nSPS) is 24.3. The zero-order chi connectivity index (χ0) is 19.7. The highest BCUT2D eigenvalue weighted by molar-refractivity contribution is 5.94. The number of aromatic nitrogens is 2. The fraction of sp³-hybridized carbons (Fsp3) is 0.615. The van der Waals surface area contributed by atoms with Gasteiger partial charge >= 0.3 is 18.3 Å². The summed E-state index contributed by atoms with van der Waals surface area (Å²) < 4.78 is 68.9. The largest absolute Gasteiger partial charge is 0.490 e. The molecule has 1 aromatic heterocycles.